The molecule has 0 spiro atoms. The highest BCUT2D eigenvalue weighted by Crippen LogP contribution is 2.29. The van der Waals surface area contributed by atoms with E-state index in [9.17, 15) is 8.42 Å². The second kappa shape index (κ2) is 7.25. The molecule has 0 amide bonds. The number of sulfone groups is 1. The standard InChI is InChI=1S/C16H24BrNO2S/c1-12(2)18-10-15(14-6-7-21(19,20)11-14)8-13-4-3-5-16(17)9-13/h3-5,9,12,14-15,18H,6-8,10-11H2,1-2H3. The summed E-state index contributed by atoms with van der Waals surface area (Å²) >= 11 is 3.50. The summed E-state index contributed by atoms with van der Waals surface area (Å²) in [7, 11) is -2.82. The SMILES string of the molecule is CC(C)NCC(Cc1cccc(Br)c1)C1CCS(=O)(=O)C1. The molecule has 118 valence electrons. The first-order valence-corrected chi connectivity index (χ1v) is 10.2. The Morgan fingerprint density at radius 3 is 2.71 bits per heavy atom. The number of benzene rings is 1. The average Bonchev–Trinajstić information content (AvgIpc) is 2.74. The lowest BCUT2D eigenvalue weighted by atomic mass is 9.86. The Morgan fingerprint density at radius 2 is 2.14 bits per heavy atom. The van der Waals surface area contributed by atoms with Crippen LogP contribution in [0.4, 0.5) is 0 Å². The first-order chi connectivity index (χ1) is 9.85. The zero-order valence-electron chi connectivity index (χ0n) is 12.7. The van der Waals surface area contributed by atoms with Crippen molar-refractivity contribution in [2.24, 2.45) is 11.8 Å². The van der Waals surface area contributed by atoms with Gasteiger partial charge in [-0.3, -0.25) is 0 Å². The van der Waals surface area contributed by atoms with Gasteiger partial charge in [0.1, 0.15) is 0 Å². The molecule has 1 aromatic carbocycles. The zero-order chi connectivity index (χ0) is 15.5. The van der Waals surface area contributed by atoms with Gasteiger partial charge in [-0.25, -0.2) is 8.42 Å². The van der Waals surface area contributed by atoms with E-state index in [0.29, 0.717) is 23.5 Å². The second-order valence-corrected chi connectivity index (χ2v) is 9.46. The van der Waals surface area contributed by atoms with E-state index in [2.05, 4.69) is 47.2 Å². The lowest BCUT2D eigenvalue weighted by molar-refractivity contribution is 0.333. The third kappa shape index (κ3) is 5.38. The quantitative estimate of drug-likeness (QED) is 0.833. The smallest absolute Gasteiger partial charge is 0.150 e. The van der Waals surface area contributed by atoms with Gasteiger partial charge < -0.3 is 5.32 Å². The third-order valence-corrected chi connectivity index (χ3v) is 6.40. The lowest BCUT2D eigenvalue weighted by Crippen LogP contribution is -2.34. The fourth-order valence-corrected chi connectivity index (χ4v) is 5.32. The molecule has 1 aromatic rings. The van der Waals surface area contributed by atoms with E-state index in [-0.39, 0.29) is 5.92 Å². The van der Waals surface area contributed by atoms with Gasteiger partial charge in [-0.2, -0.15) is 0 Å². The van der Waals surface area contributed by atoms with Gasteiger partial charge in [0.05, 0.1) is 11.5 Å². The summed E-state index contributed by atoms with van der Waals surface area (Å²) in [5.41, 5.74) is 1.27. The van der Waals surface area contributed by atoms with Gasteiger partial charge in [-0.05, 0) is 48.9 Å². The van der Waals surface area contributed by atoms with Crippen molar-refractivity contribution in [1.29, 1.82) is 0 Å². The van der Waals surface area contributed by atoms with Crippen molar-refractivity contribution in [2.45, 2.75) is 32.7 Å². The summed E-state index contributed by atoms with van der Waals surface area (Å²) in [5, 5.41) is 3.48. The minimum absolute atomic E-state index is 0.278. The first-order valence-electron chi connectivity index (χ1n) is 7.54. The van der Waals surface area contributed by atoms with E-state index in [1.165, 1.54) is 5.56 Å². The van der Waals surface area contributed by atoms with Gasteiger partial charge in [0, 0.05) is 10.5 Å². The molecule has 0 aliphatic carbocycles. The highest BCUT2D eigenvalue weighted by molar-refractivity contribution is 9.10. The molecule has 1 fully saturated rings. The summed E-state index contributed by atoms with van der Waals surface area (Å²) in [4.78, 5) is 0. The largest absolute Gasteiger partial charge is 0.314 e. The molecule has 5 heteroatoms. The Hall–Kier alpha value is -0.390. The predicted octanol–water partition coefficient (Wildman–Crippen LogP) is 3.04. The summed E-state index contributed by atoms with van der Waals surface area (Å²) < 4.78 is 24.6. The van der Waals surface area contributed by atoms with E-state index in [1.807, 2.05) is 12.1 Å². The minimum Gasteiger partial charge on any atom is -0.314 e. The number of hydrogen-bond acceptors (Lipinski definition) is 3. The highest BCUT2D eigenvalue weighted by atomic mass is 79.9. The molecule has 1 saturated heterocycles. The molecule has 2 rings (SSSR count). The summed E-state index contributed by atoms with van der Waals surface area (Å²) in [5.74, 6) is 1.36. The molecule has 0 radical (unpaired) electrons. The molecular formula is C16H24BrNO2S. The van der Waals surface area contributed by atoms with Crippen LogP contribution >= 0.6 is 15.9 Å². The van der Waals surface area contributed by atoms with Crippen LogP contribution < -0.4 is 5.32 Å². The Labute approximate surface area is 136 Å². The van der Waals surface area contributed by atoms with Crippen molar-refractivity contribution in [3.8, 4) is 0 Å². The van der Waals surface area contributed by atoms with E-state index >= 15 is 0 Å². The minimum atomic E-state index is -2.82. The van der Waals surface area contributed by atoms with Crippen LogP contribution in [0.25, 0.3) is 0 Å². The molecule has 0 saturated carbocycles. The summed E-state index contributed by atoms with van der Waals surface area (Å²) in [6.45, 7) is 5.13. The van der Waals surface area contributed by atoms with E-state index in [0.717, 1.165) is 23.9 Å². The monoisotopic (exact) mass is 373 g/mol. The summed E-state index contributed by atoms with van der Waals surface area (Å²) in [6, 6.07) is 8.73. The Balaban J connectivity index is 2.08. The molecule has 21 heavy (non-hydrogen) atoms. The first kappa shape index (κ1) is 17.0. The van der Waals surface area contributed by atoms with Crippen molar-refractivity contribution in [1.82, 2.24) is 5.32 Å². The van der Waals surface area contributed by atoms with Crippen molar-refractivity contribution in [3.63, 3.8) is 0 Å². The molecule has 0 aromatic heterocycles. The van der Waals surface area contributed by atoms with Crippen LogP contribution in [0.2, 0.25) is 0 Å². The number of hydrogen-bond donors (Lipinski definition) is 1. The van der Waals surface area contributed by atoms with Crippen LogP contribution in [-0.4, -0.2) is 32.5 Å². The van der Waals surface area contributed by atoms with Gasteiger partial charge in [0.15, 0.2) is 9.84 Å². The molecule has 2 unspecified atom stereocenters. The van der Waals surface area contributed by atoms with Crippen molar-refractivity contribution in [3.05, 3.63) is 34.3 Å². The summed E-state index contributed by atoms with van der Waals surface area (Å²) in [6.07, 6.45) is 1.74. The fourth-order valence-electron chi connectivity index (χ4n) is 2.95. The molecule has 0 bridgehead atoms. The predicted molar refractivity (Wildman–Crippen MR) is 91.2 cm³/mol. The van der Waals surface area contributed by atoms with E-state index in [4.69, 9.17) is 0 Å². The van der Waals surface area contributed by atoms with Crippen molar-refractivity contribution < 1.29 is 8.42 Å². The van der Waals surface area contributed by atoms with Gasteiger partial charge in [0.25, 0.3) is 0 Å². The maximum atomic E-state index is 11.8. The topological polar surface area (TPSA) is 46.2 Å². The van der Waals surface area contributed by atoms with Gasteiger partial charge in [-0.15, -0.1) is 0 Å². The van der Waals surface area contributed by atoms with Gasteiger partial charge in [-0.1, -0.05) is 41.9 Å². The molecule has 3 nitrogen and oxygen atoms in total. The zero-order valence-corrected chi connectivity index (χ0v) is 15.1. The third-order valence-electron chi connectivity index (χ3n) is 4.11. The number of rotatable bonds is 6. The molecular weight excluding hydrogens is 350 g/mol. The van der Waals surface area contributed by atoms with Crippen molar-refractivity contribution >= 4 is 25.8 Å². The molecule has 1 heterocycles. The van der Waals surface area contributed by atoms with Crippen LogP contribution in [-0.2, 0) is 16.3 Å². The highest BCUT2D eigenvalue weighted by Gasteiger charge is 2.33. The molecule has 1 aliphatic heterocycles. The van der Waals surface area contributed by atoms with Crippen LogP contribution in [0.3, 0.4) is 0 Å². The molecule has 1 aliphatic rings. The Bertz CT molecular complexity index is 571. The van der Waals surface area contributed by atoms with Crippen LogP contribution in [0.15, 0.2) is 28.7 Å². The fraction of sp³-hybridized carbons (Fsp3) is 0.625. The number of nitrogens with one attached hydrogen (secondary N) is 1. The van der Waals surface area contributed by atoms with E-state index < -0.39 is 9.84 Å². The van der Waals surface area contributed by atoms with Crippen LogP contribution in [0, 0.1) is 11.8 Å². The van der Waals surface area contributed by atoms with Gasteiger partial charge in [0.2, 0.25) is 0 Å². The lowest BCUT2D eigenvalue weighted by Gasteiger charge is -2.24. The van der Waals surface area contributed by atoms with Crippen molar-refractivity contribution in [2.75, 3.05) is 18.1 Å². The normalized spacial score (nSPS) is 22.6. The van der Waals surface area contributed by atoms with Gasteiger partial charge >= 0.3 is 0 Å². The number of halogens is 1. The van der Waals surface area contributed by atoms with Crippen LogP contribution in [0.5, 0.6) is 0 Å². The molecule has 1 N–H and O–H groups in total. The second-order valence-electron chi connectivity index (χ2n) is 6.32. The Kier molecular flexibility index (Phi) is 5.86. The maximum Gasteiger partial charge on any atom is 0.150 e. The molecule has 2 atom stereocenters. The van der Waals surface area contributed by atoms with Crippen LogP contribution in [0.1, 0.15) is 25.8 Å². The Morgan fingerprint density at radius 1 is 1.38 bits per heavy atom. The van der Waals surface area contributed by atoms with E-state index in [1.54, 1.807) is 0 Å². The average molecular weight is 374 g/mol. The maximum absolute atomic E-state index is 11.8.